The van der Waals surface area contributed by atoms with Crippen LogP contribution in [0.1, 0.15) is 42.5 Å². The number of benzene rings is 2. The second-order valence-corrected chi connectivity index (χ2v) is 10.6. The SMILES string of the molecule is O=C(CN(C(=O)Nc1ccc(Br)cc1)C1CCCCC1)N(Cc1ccccc1)Cc1cccs1. The number of nitrogens with zero attached hydrogens (tertiary/aromatic N) is 2. The van der Waals surface area contributed by atoms with Gasteiger partial charge in [-0.05, 0) is 54.1 Å². The van der Waals surface area contributed by atoms with Crippen LogP contribution in [0.25, 0.3) is 0 Å². The van der Waals surface area contributed by atoms with Crippen LogP contribution < -0.4 is 5.32 Å². The predicted molar refractivity (Wildman–Crippen MR) is 142 cm³/mol. The molecule has 178 valence electrons. The molecule has 0 aliphatic heterocycles. The molecule has 0 unspecified atom stereocenters. The minimum Gasteiger partial charge on any atom is -0.332 e. The highest BCUT2D eigenvalue weighted by Gasteiger charge is 2.29. The van der Waals surface area contributed by atoms with Gasteiger partial charge in [-0.3, -0.25) is 4.79 Å². The number of thiophene rings is 1. The van der Waals surface area contributed by atoms with Gasteiger partial charge >= 0.3 is 6.03 Å². The number of amides is 3. The Morgan fingerprint density at radius 2 is 1.65 bits per heavy atom. The first kappa shape index (κ1) is 24.5. The summed E-state index contributed by atoms with van der Waals surface area (Å²) in [5.41, 5.74) is 1.80. The van der Waals surface area contributed by atoms with E-state index in [4.69, 9.17) is 0 Å². The fourth-order valence-corrected chi connectivity index (χ4v) is 5.34. The van der Waals surface area contributed by atoms with E-state index < -0.39 is 0 Å². The summed E-state index contributed by atoms with van der Waals surface area (Å²) < 4.78 is 0.954. The van der Waals surface area contributed by atoms with Crippen molar-refractivity contribution in [1.29, 1.82) is 0 Å². The lowest BCUT2D eigenvalue weighted by Gasteiger charge is -2.35. The Bertz CT molecular complexity index is 1050. The Morgan fingerprint density at radius 1 is 0.912 bits per heavy atom. The number of hydrogen-bond donors (Lipinski definition) is 1. The van der Waals surface area contributed by atoms with Crippen LogP contribution in [0.4, 0.5) is 10.5 Å². The van der Waals surface area contributed by atoms with E-state index in [1.807, 2.05) is 70.9 Å². The second-order valence-electron chi connectivity index (χ2n) is 8.67. The molecule has 3 amide bonds. The highest BCUT2D eigenvalue weighted by molar-refractivity contribution is 9.10. The maximum absolute atomic E-state index is 13.6. The first-order valence-corrected chi connectivity index (χ1v) is 13.4. The van der Waals surface area contributed by atoms with Crippen LogP contribution in [0.15, 0.2) is 76.6 Å². The van der Waals surface area contributed by atoms with Gasteiger partial charge in [-0.25, -0.2) is 4.79 Å². The van der Waals surface area contributed by atoms with Crippen LogP contribution in [0.5, 0.6) is 0 Å². The van der Waals surface area contributed by atoms with Gasteiger partial charge in [0.1, 0.15) is 6.54 Å². The molecule has 5 nitrogen and oxygen atoms in total. The van der Waals surface area contributed by atoms with E-state index in [9.17, 15) is 9.59 Å². The number of anilines is 1. The van der Waals surface area contributed by atoms with E-state index in [-0.39, 0.29) is 24.5 Å². The van der Waals surface area contributed by atoms with E-state index in [0.29, 0.717) is 13.1 Å². The Balaban J connectivity index is 1.52. The van der Waals surface area contributed by atoms with Gasteiger partial charge in [-0.1, -0.05) is 71.6 Å². The molecule has 3 aromatic rings. The lowest BCUT2D eigenvalue weighted by atomic mass is 9.94. The summed E-state index contributed by atoms with van der Waals surface area (Å²) in [6.45, 7) is 1.13. The zero-order valence-electron chi connectivity index (χ0n) is 19.2. The van der Waals surface area contributed by atoms with Crippen molar-refractivity contribution in [3.63, 3.8) is 0 Å². The van der Waals surface area contributed by atoms with Crippen molar-refractivity contribution in [3.8, 4) is 0 Å². The monoisotopic (exact) mass is 539 g/mol. The first-order chi connectivity index (χ1) is 16.6. The summed E-state index contributed by atoms with van der Waals surface area (Å²) in [5.74, 6) is -0.0335. The molecule has 0 bridgehead atoms. The van der Waals surface area contributed by atoms with Crippen molar-refractivity contribution in [3.05, 3.63) is 87.0 Å². The van der Waals surface area contributed by atoms with E-state index in [1.165, 1.54) is 6.42 Å². The summed E-state index contributed by atoms with van der Waals surface area (Å²) in [6.07, 6.45) is 5.23. The van der Waals surface area contributed by atoms with Gasteiger partial charge in [0.15, 0.2) is 0 Å². The maximum atomic E-state index is 13.6. The predicted octanol–water partition coefficient (Wildman–Crippen LogP) is 6.91. The van der Waals surface area contributed by atoms with Crippen LogP contribution >= 0.6 is 27.3 Å². The standard InChI is InChI=1S/C27H30BrN3O2S/c28-22-13-15-23(16-14-22)29-27(33)31(24-10-5-2-6-11-24)20-26(32)30(19-25-12-7-17-34-25)18-21-8-3-1-4-9-21/h1,3-4,7-9,12-17,24H,2,5-6,10-11,18-20H2,(H,29,33). The number of carbonyl (C=O) groups is 2. The lowest BCUT2D eigenvalue weighted by Crippen LogP contribution is -2.49. The van der Waals surface area contributed by atoms with Crippen LogP contribution in [-0.2, 0) is 17.9 Å². The molecule has 4 rings (SSSR count). The van der Waals surface area contributed by atoms with Crippen LogP contribution in [0, 0.1) is 0 Å². The summed E-state index contributed by atoms with van der Waals surface area (Å²) >= 11 is 5.08. The third-order valence-corrected chi connectivity index (χ3v) is 7.56. The van der Waals surface area contributed by atoms with Gasteiger partial charge < -0.3 is 15.1 Å². The molecular formula is C27H30BrN3O2S. The van der Waals surface area contributed by atoms with Gasteiger partial charge in [0.05, 0.1) is 6.54 Å². The number of rotatable bonds is 8. The van der Waals surface area contributed by atoms with Crippen LogP contribution in [0.3, 0.4) is 0 Å². The number of nitrogens with one attached hydrogen (secondary N) is 1. The molecule has 2 aromatic carbocycles. The van der Waals surface area contributed by atoms with Crippen LogP contribution in [0.2, 0.25) is 0 Å². The molecule has 7 heteroatoms. The molecule has 1 aliphatic carbocycles. The van der Waals surface area contributed by atoms with Crippen molar-refractivity contribution in [1.82, 2.24) is 9.80 Å². The lowest BCUT2D eigenvalue weighted by molar-refractivity contribution is -0.133. The van der Waals surface area contributed by atoms with E-state index in [2.05, 4.69) is 27.3 Å². The number of carbonyl (C=O) groups excluding carboxylic acids is 2. The van der Waals surface area contributed by atoms with Gasteiger partial charge in [0.2, 0.25) is 5.91 Å². The van der Waals surface area contributed by atoms with E-state index >= 15 is 0 Å². The van der Waals surface area contributed by atoms with Gasteiger partial charge in [-0.15, -0.1) is 11.3 Å². The number of urea groups is 1. The molecule has 0 saturated heterocycles. The molecule has 0 spiro atoms. The first-order valence-electron chi connectivity index (χ1n) is 11.8. The molecule has 34 heavy (non-hydrogen) atoms. The van der Waals surface area contributed by atoms with Crippen molar-refractivity contribution in [2.75, 3.05) is 11.9 Å². The zero-order chi connectivity index (χ0) is 23.8. The van der Waals surface area contributed by atoms with Gasteiger partial charge in [-0.2, -0.15) is 0 Å². The average Bonchev–Trinajstić information content (AvgIpc) is 3.38. The molecule has 1 fully saturated rings. The minimum absolute atomic E-state index is 0.0335. The Morgan fingerprint density at radius 3 is 2.32 bits per heavy atom. The normalized spacial score (nSPS) is 13.9. The number of hydrogen-bond acceptors (Lipinski definition) is 3. The van der Waals surface area contributed by atoms with E-state index in [1.54, 1.807) is 16.2 Å². The third kappa shape index (κ3) is 6.93. The summed E-state index contributed by atoms with van der Waals surface area (Å²) in [4.78, 5) is 31.8. The molecule has 1 aliphatic rings. The Labute approximate surface area is 213 Å². The number of halogens is 1. The molecule has 0 atom stereocenters. The summed E-state index contributed by atoms with van der Waals surface area (Å²) in [7, 11) is 0. The summed E-state index contributed by atoms with van der Waals surface area (Å²) in [5, 5.41) is 5.03. The van der Waals surface area contributed by atoms with Crippen molar-refractivity contribution < 1.29 is 9.59 Å². The van der Waals surface area contributed by atoms with Gasteiger partial charge in [0.25, 0.3) is 0 Å². The van der Waals surface area contributed by atoms with E-state index in [0.717, 1.165) is 46.3 Å². The molecule has 1 N–H and O–H groups in total. The highest BCUT2D eigenvalue weighted by atomic mass is 79.9. The summed E-state index contributed by atoms with van der Waals surface area (Å²) in [6, 6.07) is 21.5. The molecule has 1 aromatic heterocycles. The fourth-order valence-electron chi connectivity index (χ4n) is 4.36. The largest absolute Gasteiger partial charge is 0.332 e. The topological polar surface area (TPSA) is 52.7 Å². The fraction of sp³-hybridized carbons (Fsp3) is 0.333. The molecular weight excluding hydrogens is 510 g/mol. The average molecular weight is 541 g/mol. The Hall–Kier alpha value is -2.64. The Kier molecular flexibility index (Phi) is 8.77. The smallest absolute Gasteiger partial charge is 0.322 e. The van der Waals surface area contributed by atoms with Crippen molar-refractivity contribution in [2.24, 2.45) is 0 Å². The minimum atomic E-state index is -0.210. The highest BCUT2D eigenvalue weighted by Crippen LogP contribution is 2.24. The van der Waals surface area contributed by atoms with Crippen molar-refractivity contribution in [2.45, 2.75) is 51.2 Å². The maximum Gasteiger partial charge on any atom is 0.322 e. The van der Waals surface area contributed by atoms with Gasteiger partial charge in [0, 0.05) is 27.6 Å². The molecule has 1 saturated carbocycles. The third-order valence-electron chi connectivity index (χ3n) is 6.17. The van der Waals surface area contributed by atoms with Crippen LogP contribution in [-0.4, -0.2) is 34.3 Å². The molecule has 1 heterocycles. The zero-order valence-corrected chi connectivity index (χ0v) is 21.6. The second kappa shape index (κ2) is 12.2. The van der Waals surface area contributed by atoms with Crippen molar-refractivity contribution >= 4 is 44.9 Å². The quantitative estimate of drug-likeness (QED) is 0.338. The molecule has 0 radical (unpaired) electrons.